The van der Waals surface area contributed by atoms with E-state index < -0.39 is 0 Å². The van der Waals surface area contributed by atoms with Crippen LogP contribution in [-0.4, -0.2) is 41.1 Å². The van der Waals surface area contributed by atoms with Crippen LogP contribution in [0, 0.1) is 6.92 Å². The summed E-state index contributed by atoms with van der Waals surface area (Å²) < 4.78 is 12.0. The molecule has 0 aliphatic rings. The molecule has 0 unspecified atom stereocenters. The molecule has 7 nitrogen and oxygen atoms in total. The smallest absolute Gasteiger partial charge is 0.264 e. The lowest BCUT2D eigenvalue weighted by Crippen LogP contribution is -2.30. The first-order chi connectivity index (χ1) is 13.4. The Kier molecular flexibility index (Phi) is 5.69. The second kappa shape index (κ2) is 8.02. The molecule has 0 atom stereocenters. The zero-order valence-corrected chi connectivity index (χ0v) is 17.4. The number of aromatic nitrogens is 2. The first-order valence-corrected chi connectivity index (χ1v) is 9.67. The van der Waals surface area contributed by atoms with Gasteiger partial charge in [-0.1, -0.05) is 6.07 Å². The van der Waals surface area contributed by atoms with Crippen LogP contribution in [0.25, 0.3) is 10.2 Å². The molecule has 8 heteroatoms. The largest absolute Gasteiger partial charge is 0.493 e. The number of aryl methyl sites for hydroxylation is 2. The van der Waals surface area contributed by atoms with Gasteiger partial charge in [-0.3, -0.25) is 9.59 Å². The summed E-state index contributed by atoms with van der Waals surface area (Å²) in [6.07, 6.45) is 1.48. The number of carbonyl (C=O) groups excluding carboxylic acids is 1. The first-order valence-electron chi connectivity index (χ1n) is 8.86. The molecule has 0 aliphatic heterocycles. The normalized spacial score (nSPS) is 10.9. The Morgan fingerprint density at radius 2 is 1.96 bits per heavy atom. The summed E-state index contributed by atoms with van der Waals surface area (Å²) in [5, 5.41) is 0.514. The van der Waals surface area contributed by atoms with Gasteiger partial charge in [0, 0.05) is 20.1 Å². The van der Waals surface area contributed by atoms with E-state index in [1.165, 1.54) is 22.2 Å². The lowest BCUT2D eigenvalue weighted by Gasteiger charge is -2.21. The van der Waals surface area contributed by atoms with Crippen molar-refractivity contribution in [3.63, 3.8) is 0 Å². The standard InChI is InChI=1S/C20H23N3O4S/c1-6-23(10-13-7-8-14(26-4)15(9-13)27-5)20(25)17-12(2)16-18(28-17)21-11-22(3)19(16)24/h7-9,11H,6,10H2,1-5H3. The minimum absolute atomic E-state index is 0.111. The summed E-state index contributed by atoms with van der Waals surface area (Å²) >= 11 is 1.26. The van der Waals surface area contributed by atoms with Gasteiger partial charge in [-0.25, -0.2) is 4.98 Å². The first kappa shape index (κ1) is 19.9. The molecule has 0 bridgehead atoms. The fourth-order valence-electron chi connectivity index (χ4n) is 3.08. The van der Waals surface area contributed by atoms with Gasteiger partial charge in [0.1, 0.15) is 4.83 Å². The molecule has 148 valence electrons. The van der Waals surface area contributed by atoms with E-state index in [4.69, 9.17) is 9.47 Å². The van der Waals surface area contributed by atoms with Gasteiger partial charge in [-0.2, -0.15) is 0 Å². The van der Waals surface area contributed by atoms with Crippen molar-refractivity contribution in [3.8, 4) is 11.5 Å². The van der Waals surface area contributed by atoms with E-state index in [1.807, 2.05) is 25.1 Å². The molecule has 0 N–H and O–H groups in total. The number of hydrogen-bond acceptors (Lipinski definition) is 6. The zero-order chi connectivity index (χ0) is 20.4. The molecule has 2 heterocycles. The third-order valence-corrected chi connectivity index (χ3v) is 5.88. The van der Waals surface area contributed by atoms with Gasteiger partial charge in [0.15, 0.2) is 11.5 Å². The molecule has 1 aromatic carbocycles. The van der Waals surface area contributed by atoms with Crippen LogP contribution in [0.3, 0.4) is 0 Å². The maximum Gasteiger partial charge on any atom is 0.264 e. The molecule has 28 heavy (non-hydrogen) atoms. The number of carbonyl (C=O) groups is 1. The minimum Gasteiger partial charge on any atom is -0.493 e. The zero-order valence-electron chi connectivity index (χ0n) is 16.6. The van der Waals surface area contributed by atoms with Crippen LogP contribution in [0.2, 0.25) is 0 Å². The summed E-state index contributed by atoms with van der Waals surface area (Å²) in [7, 11) is 4.82. The van der Waals surface area contributed by atoms with E-state index in [2.05, 4.69) is 4.98 Å². The van der Waals surface area contributed by atoms with Crippen molar-refractivity contribution >= 4 is 27.5 Å². The van der Waals surface area contributed by atoms with Crippen molar-refractivity contribution in [2.75, 3.05) is 20.8 Å². The fraction of sp³-hybridized carbons (Fsp3) is 0.350. The molecule has 0 fully saturated rings. The molecular formula is C20H23N3O4S. The molecule has 0 radical (unpaired) electrons. The average Bonchev–Trinajstić information content (AvgIpc) is 3.05. The van der Waals surface area contributed by atoms with E-state index in [0.29, 0.717) is 45.2 Å². The molecule has 2 aromatic heterocycles. The number of amides is 1. The number of fused-ring (bicyclic) bond motifs is 1. The third-order valence-electron chi connectivity index (χ3n) is 4.70. The Labute approximate surface area is 167 Å². The van der Waals surface area contributed by atoms with E-state index >= 15 is 0 Å². The monoisotopic (exact) mass is 401 g/mol. The minimum atomic E-state index is -0.138. The Morgan fingerprint density at radius 3 is 2.61 bits per heavy atom. The van der Waals surface area contributed by atoms with Gasteiger partial charge in [0.2, 0.25) is 0 Å². The highest BCUT2D eigenvalue weighted by atomic mass is 32.1. The van der Waals surface area contributed by atoms with Crippen LogP contribution in [0.15, 0.2) is 29.3 Å². The van der Waals surface area contributed by atoms with Gasteiger partial charge < -0.3 is 18.9 Å². The second-order valence-electron chi connectivity index (χ2n) is 6.41. The lowest BCUT2D eigenvalue weighted by atomic mass is 10.1. The van der Waals surface area contributed by atoms with Crippen molar-refractivity contribution in [3.05, 3.63) is 50.9 Å². The molecule has 1 amide bonds. The predicted octanol–water partition coefficient (Wildman–Crippen LogP) is 2.98. The van der Waals surface area contributed by atoms with Crippen molar-refractivity contribution in [2.24, 2.45) is 7.05 Å². The van der Waals surface area contributed by atoms with Crippen LogP contribution in [0.1, 0.15) is 27.7 Å². The number of benzene rings is 1. The second-order valence-corrected chi connectivity index (χ2v) is 7.40. The van der Waals surface area contributed by atoms with Crippen molar-refractivity contribution < 1.29 is 14.3 Å². The summed E-state index contributed by atoms with van der Waals surface area (Å²) in [6, 6.07) is 5.60. The Morgan fingerprint density at radius 1 is 1.25 bits per heavy atom. The quantitative estimate of drug-likeness (QED) is 0.635. The lowest BCUT2D eigenvalue weighted by molar-refractivity contribution is 0.0757. The highest BCUT2D eigenvalue weighted by Crippen LogP contribution is 2.30. The number of methoxy groups -OCH3 is 2. The van der Waals surface area contributed by atoms with E-state index in [0.717, 1.165) is 5.56 Å². The van der Waals surface area contributed by atoms with Gasteiger partial charge >= 0.3 is 0 Å². The molecule has 0 saturated carbocycles. The summed E-state index contributed by atoms with van der Waals surface area (Å²) in [5.41, 5.74) is 1.48. The number of hydrogen-bond donors (Lipinski definition) is 0. The van der Waals surface area contributed by atoms with Gasteiger partial charge in [0.25, 0.3) is 11.5 Å². The van der Waals surface area contributed by atoms with Gasteiger partial charge in [0.05, 0.1) is 30.8 Å². The molecular weight excluding hydrogens is 378 g/mol. The molecule has 0 aliphatic carbocycles. The van der Waals surface area contributed by atoms with Crippen LogP contribution in [-0.2, 0) is 13.6 Å². The number of nitrogens with zero attached hydrogens (tertiary/aromatic N) is 3. The van der Waals surface area contributed by atoms with E-state index in [-0.39, 0.29) is 11.5 Å². The third kappa shape index (κ3) is 3.47. The van der Waals surface area contributed by atoms with Crippen LogP contribution < -0.4 is 15.0 Å². The topological polar surface area (TPSA) is 73.7 Å². The van der Waals surface area contributed by atoms with Gasteiger partial charge in [-0.05, 0) is 37.1 Å². The van der Waals surface area contributed by atoms with Gasteiger partial charge in [-0.15, -0.1) is 11.3 Å². The van der Waals surface area contributed by atoms with Crippen LogP contribution in [0.4, 0.5) is 0 Å². The van der Waals surface area contributed by atoms with Crippen LogP contribution >= 0.6 is 11.3 Å². The summed E-state index contributed by atoms with van der Waals surface area (Å²) in [6.45, 7) is 4.69. The predicted molar refractivity (Wildman–Crippen MR) is 110 cm³/mol. The van der Waals surface area contributed by atoms with Crippen molar-refractivity contribution in [2.45, 2.75) is 20.4 Å². The SMILES string of the molecule is CCN(Cc1ccc(OC)c(OC)c1)C(=O)c1sc2ncn(C)c(=O)c2c1C. The Hall–Kier alpha value is -2.87. The molecule has 0 saturated heterocycles. The Bertz CT molecular complexity index is 1090. The molecule has 3 aromatic rings. The average molecular weight is 401 g/mol. The number of thiophene rings is 1. The maximum atomic E-state index is 13.2. The number of rotatable bonds is 6. The highest BCUT2D eigenvalue weighted by Gasteiger charge is 2.23. The van der Waals surface area contributed by atoms with Crippen molar-refractivity contribution in [1.29, 1.82) is 0 Å². The van der Waals surface area contributed by atoms with E-state index in [9.17, 15) is 9.59 Å². The van der Waals surface area contributed by atoms with Crippen molar-refractivity contribution in [1.82, 2.24) is 14.5 Å². The molecule has 3 rings (SSSR count). The molecule has 0 spiro atoms. The maximum absolute atomic E-state index is 13.2. The fourth-order valence-corrected chi connectivity index (χ4v) is 4.19. The van der Waals surface area contributed by atoms with Crippen LogP contribution in [0.5, 0.6) is 11.5 Å². The number of ether oxygens (including phenoxy) is 2. The summed E-state index contributed by atoms with van der Waals surface area (Å²) in [4.78, 5) is 32.8. The summed E-state index contributed by atoms with van der Waals surface area (Å²) in [5.74, 6) is 1.15. The Balaban J connectivity index is 1.94. The van der Waals surface area contributed by atoms with E-state index in [1.54, 1.807) is 33.1 Å². The highest BCUT2D eigenvalue weighted by molar-refractivity contribution is 7.20.